The predicted molar refractivity (Wildman–Crippen MR) is 53.9 cm³/mol. The van der Waals surface area contributed by atoms with Crippen molar-refractivity contribution in [2.24, 2.45) is 5.73 Å². The van der Waals surface area contributed by atoms with Gasteiger partial charge in [-0.2, -0.15) is 0 Å². The van der Waals surface area contributed by atoms with Crippen LogP contribution in [-0.2, 0) is 6.54 Å². The molecule has 1 aromatic heterocycles. The van der Waals surface area contributed by atoms with Gasteiger partial charge in [0.1, 0.15) is 5.01 Å². The lowest BCUT2D eigenvalue weighted by molar-refractivity contribution is 1.03. The number of thiazole rings is 1. The minimum Gasteiger partial charge on any atom is -0.325 e. The van der Waals surface area contributed by atoms with Crippen LogP contribution in [0.4, 0.5) is 0 Å². The number of hydrogen-bond donors (Lipinski definition) is 1. The molecule has 0 aliphatic rings. The summed E-state index contributed by atoms with van der Waals surface area (Å²) < 4.78 is 0. The van der Waals surface area contributed by atoms with Crippen molar-refractivity contribution in [1.82, 2.24) is 4.98 Å². The number of nitrogens with two attached hydrogens (primary N) is 1. The fraction of sp³-hybridized carbons (Fsp3) is 0.222. The van der Waals surface area contributed by atoms with Gasteiger partial charge in [-0.25, -0.2) is 4.98 Å². The summed E-state index contributed by atoms with van der Waals surface area (Å²) in [5, 5.41) is 2.96. The zero-order valence-corrected chi connectivity index (χ0v) is 7.90. The van der Waals surface area contributed by atoms with E-state index < -0.39 is 0 Å². The van der Waals surface area contributed by atoms with Crippen molar-refractivity contribution in [1.29, 1.82) is 0 Å². The minimum atomic E-state index is 0.513. The van der Waals surface area contributed by atoms with Gasteiger partial charge in [0.25, 0.3) is 0 Å². The summed E-state index contributed by atoms with van der Waals surface area (Å²) in [4.78, 5) is 4.32. The van der Waals surface area contributed by atoms with Crippen LogP contribution in [-0.4, -0.2) is 4.98 Å². The van der Waals surface area contributed by atoms with Crippen molar-refractivity contribution in [2.45, 2.75) is 13.5 Å². The molecule has 0 amide bonds. The number of aromatic nitrogens is 1. The van der Waals surface area contributed by atoms with E-state index in [0.29, 0.717) is 6.54 Å². The van der Waals surface area contributed by atoms with E-state index in [1.165, 1.54) is 0 Å². The van der Waals surface area contributed by atoms with Gasteiger partial charge >= 0.3 is 0 Å². The van der Waals surface area contributed by atoms with Gasteiger partial charge in [0.2, 0.25) is 0 Å². The van der Waals surface area contributed by atoms with Crippen LogP contribution in [0.25, 0.3) is 5.57 Å². The molecule has 1 rings (SSSR count). The lowest BCUT2D eigenvalue weighted by atomic mass is 10.2. The van der Waals surface area contributed by atoms with Gasteiger partial charge in [0.15, 0.2) is 0 Å². The van der Waals surface area contributed by atoms with E-state index in [1.54, 1.807) is 17.4 Å². The van der Waals surface area contributed by atoms with E-state index in [-0.39, 0.29) is 0 Å². The quantitative estimate of drug-likeness (QED) is 0.724. The maximum atomic E-state index is 5.45. The van der Waals surface area contributed by atoms with Crippen molar-refractivity contribution in [3.05, 3.63) is 34.8 Å². The third-order valence-electron chi connectivity index (χ3n) is 1.55. The number of allylic oxidation sites excluding steroid dienone is 3. The summed E-state index contributed by atoms with van der Waals surface area (Å²) in [6.45, 7) is 6.19. The molecule has 0 unspecified atom stereocenters. The van der Waals surface area contributed by atoms with E-state index in [1.807, 2.05) is 18.4 Å². The number of rotatable bonds is 3. The molecule has 0 saturated carbocycles. The maximum Gasteiger partial charge on any atom is 0.107 e. The molecule has 0 saturated heterocycles. The van der Waals surface area contributed by atoms with Gasteiger partial charge in [-0.05, 0) is 12.5 Å². The van der Waals surface area contributed by atoms with Crippen molar-refractivity contribution in [3.63, 3.8) is 0 Å². The van der Waals surface area contributed by atoms with Crippen molar-refractivity contribution < 1.29 is 0 Å². The summed E-state index contributed by atoms with van der Waals surface area (Å²) in [6.07, 6.45) is 3.79. The molecule has 64 valence electrons. The average molecular weight is 180 g/mol. The van der Waals surface area contributed by atoms with E-state index in [4.69, 9.17) is 5.73 Å². The Balaban J connectivity index is 2.95. The van der Waals surface area contributed by atoms with Crippen molar-refractivity contribution in [3.8, 4) is 0 Å². The number of hydrogen-bond acceptors (Lipinski definition) is 3. The SMILES string of the molecule is C=C/C(=C\C)c1csc(CN)n1. The highest BCUT2D eigenvalue weighted by atomic mass is 32.1. The Morgan fingerprint density at radius 1 is 1.83 bits per heavy atom. The molecule has 0 radical (unpaired) electrons. The molecule has 0 spiro atoms. The molecule has 12 heavy (non-hydrogen) atoms. The first-order chi connectivity index (χ1) is 5.81. The van der Waals surface area contributed by atoms with Crippen LogP contribution in [0.15, 0.2) is 24.1 Å². The Kier molecular flexibility index (Phi) is 3.19. The molecule has 0 aromatic carbocycles. The van der Waals surface area contributed by atoms with Gasteiger partial charge < -0.3 is 5.73 Å². The van der Waals surface area contributed by atoms with Crippen LogP contribution in [0.5, 0.6) is 0 Å². The average Bonchev–Trinajstić information content (AvgIpc) is 2.55. The van der Waals surface area contributed by atoms with Crippen molar-refractivity contribution >= 4 is 16.9 Å². The Morgan fingerprint density at radius 3 is 3.00 bits per heavy atom. The van der Waals surface area contributed by atoms with Crippen LogP contribution in [0, 0.1) is 0 Å². The van der Waals surface area contributed by atoms with Gasteiger partial charge in [0, 0.05) is 11.9 Å². The van der Waals surface area contributed by atoms with E-state index >= 15 is 0 Å². The first kappa shape index (κ1) is 9.16. The lowest BCUT2D eigenvalue weighted by Gasteiger charge is -1.92. The maximum absolute atomic E-state index is 5.45. The molecule has 0 aliphatic heterocycles. The smallest absolute Gasteiger partial charge is 0.107 e. The van der Waals surface area contributed by atoms with E-state index in [9.17, 15) is 0 Å². The molecule has 0 fully saturated rings. The zero-order valence-electron chi connectivity index (χ0n) is 7.08. The molecule has 0 aliphatic carbocycles. The molecule has 2 nitrogen and oxygen atoms in total. The normalized spacial score (nSPS) is 11.7. The molecular formula is C9H12N2S. The van der Waals surface area contributed by atoms with Gasteiger partial charge in [-0.15, -0.1) is 11.3 Å². The molecule has 1 aromatic rings. The molecular weight excluding hydrogens is 168 g/mol. The Labute approximate surface area is 76.4 Å². The van der Waals surface area contributed by atoms with Crippen molar-refractivity contribution in [2.75, 3.05) is 0 Å². The van der Waals surface area contributed by atoms with Crippen LogP contribution < -0.4 is 5.73 Å². The highest BCUT2D eigenvalue weighted by Gasteiger charge is 2.01. The zero-order chi connectivity index (χ0) is 8.97. The highest BCUT2D eigenvalue weighted by Crippen LogP contribution is 2.17. The van der Waals surface area contributed by atoms with Crippen LogP contribution >= 0.6 is 11.3 Å². The first-order valence-electron chi connectivity index (χ1n) is 3.75. The Morgan fingerprint density at radius 2 is 2.58 bits per heavy atom. The second-order valence-electron chi connectivity index (χ2n) is 2.28. The summed E-state index contributed by atoms with van der Waals surface area (Å²) >= 11 is 1.58. The largest absolute Gasteiger partial charge is 0.325 e. The summed E-state index contributed by atoms with van der Waals surface area (Å²) in [6, 6.07) is 0. The predicted octanol–water partition coefficient (Wildman–Crippen LogP) is 2.19. The third kappa shape index (κ3) is 1.81. The molecule has 0 atom stereocenters. The van der Waals surface area contributed by atoms with Gasteiger partial charge in [-0.3, -0.25) is 0 Å². The topological polar surface area (TPSA) is 38.9 Å². The van der Waals surface area contributed by atoms with Crippen LogP contribution in [0.3, 0.4) is 0 Å². The summed E-state index contributed by atoms with van der Waals surface area (Å²) in [5.74, 6) is 0. The second-order valence-corrected chi connectivity index (χ2v) is 3.22. The summed E-state index contributed by atoms with van der Waals surface area (Å²) in [5.41, 5.74) is 7.48. The minimum absolute atomic E-state index is 0.513. The van der Waals surface area contributed by atoms with Crippen LogP contribution in [0.1, 0.15) is 17.6 Å². The Hall–Kier alpha value is -0.930. The fourth-order valence-electron chi connectivity index (χ4n) is 0.908. The fourth-order valence-corrected chi connectivity index (χ4v) is 1.59. The van der Waals surface area contributed by atoms with Gasteiger partial charge in [-0.1, -0.05) is 18.7 Å². The Bertz CT molecular complexity index is 299. The van der Waals surface area contributed by atoms with E-state index in [0.717, 1.165) is 16.3 Å². The highest BCUT2D eigenvalue weighted by molar-refractivity contribution is 7.09. The molecule has 1 heterocycles. The second kappa shape index (κ2) is 4.18. The molecule has 0 bridgehead atoms. The van der Waals surface area contributed by atoms with E-state index in [2.05, 4.69) is 11.6 Å². The molecule has 2 N–H and O–H groups in total. The first-order valence-corrected chi connectivity index (χ1v) is 4.63. The molecule has 3 heteroatoms. The third-order valence-corrected chi connectivity index (χ3v) is 2.42. The number of nitrogens with zero attached hydrogens (tertiary/aromatic N) is 1. The summed E-state index contributed by atoms with van der Waals surface area (Å²) in [7, 11) is 0. The standard InChI is InChI=1S/C9H12N2S/c1-3-7(4-2)8-6-12-9(5-10)11-8/h3-4,6H,1,5,10H2,2H3/b7-4+. The van der Waals surface area contributed by atoms with Crippen LogP contribution in [0.2, 0.25) is 0 Å². The lowest BCUT2D eigenvalue weighted by Crippen LogP contribution is -1.95. The van der Waals surface area contributed by atoms with Gasteiger partial charge in [0.05, 0.1) is 5.69 Å². The monoisotopic (exact) mass is 180 g/mol.